The maximum Gasteiger partial charge on any atom is 0.0651 e. The summed E-state index contributed by atoms with van der Waals surface area (Å²) in [6.07, 6.45) is 0. The zero-order valence-electron chi connectivity index (χ0n) is 7.84. The molecular formula is C11H11BrN2. The quantitative estimate of drug-likeness (QED) is 0.763. The van der Waals surface area contributed by atoms with E-state index in [9.17, 15) is 0 Å². The molecule has 2 aromatic rings. The maximum atomic E-state index is 5.91. The van der Waals surface area contributed by atoms with Gasteiger partial charge in [0.05, 0.1) is 11.4 Å². The Morgan fingerprint density at radius 3 is 2.50 bits per heavy atom. The van der Waals surface area contributed by atoms with E-state index in [1.165, 1.54) is 5.39 Å². The molecule has 0 fully saturated rings. The highest BCUT2D eigenvalue weighted by atomic mass is 79.9. The fourth-order valence-electron chi connectivity index (χ4n) is 1.63. The predicted octanol–water partition coefficient (Wildman–Crippen LogP) is 3.23. The van der Waals surface area contributed by atoms with Gasteiger partial charge in [0, 0.05) is 16.9 Å². The third-order valence-electron chi connectivity index (χ3n) is 2.27. The van der Waals surface area contributed by atoms with Crippen molar-refractivity contribution in [1.82, 2.24) is 0 Å². The number of nitrogen functional groups attached to an aromatic ring is 1. The van der Waals surface area contributed by atoms with E-state index < -0.39 is 0 Å². The molecule has 0 saturated carbocycles. The van der Waals surface area contributed by atoms with Gasteiger partial charge in [-0.3, -0.25) is 0 Å². The monoisotopic (exact) mass is 250 g/mol. The van der Waals surface area contributed by atoms with Crippen molar-refractivity contribution in [2.75, 3.05) is 18.1 Å². The fraction of sp³-hybridized carbons (Fsp3) is 0.0909. The lowest BCUT2D eigenvalue weighted by atomic mass is 10.1. The number of nitrogens with one attached hydrogen (secondary N) is 1. The Morgan fingerprint density at radius 2 is 1.86 bits per heavy atom. The Kier molecular flexibility index (Phi) is 2.33. The van der Waals surface area contributed by atoms with E-state index in [1.54, 1.807) is 0 Å². The standard InChI is InChI=1S/C11H11BrN2/c1-14-11-8-5-3-2-4-7(8)9(12)6-10(11)13/h2-6,14H,13H2,1H3. The number of halogens is 1. The number of benzene rings is 2. The molecule has 3 heteroatoms. The first-order chi connectivity index (χ1) is 6.74. The van der Waals surface area contributed by atoms with Crippen molar-refractivity contribution in [2.45, 2.75) is 0 Å². The van der Waals surface area contributed by atoms with Gasteiger partial charge in [-0.2, -0.15) is 0 Å². The molecule has 3 N–H and O–H groups in total. The number of hydrogen-bond donors (Lipinski definition) is 2. The van der Waals surface area contributed by atoms with Crippen LogP contribution in [0, 0.1) is 0 Å². The van der Waals surface area contributed by atoms with Crippen LogP contribution in [0.1, 0.15) is 0 Å². The Morgan fingerprint density at radius 1 is 1.21 bits per heavy atom. The van der Waals surface area contributed by atoms with Gasteiger partial charge in [0.15, 0.2) is 0 Å². The van der Waals surface area contributed by atoms with Crippen LogP contribution in [0.3, 0.4) is 0 Å². The Bertz CT molecular complexity index is 480. The Hall–Kier alpha value is -1.22. The van der Waals surface area contributed by atoms with Crippen molar-refractivity contribution in [1.29, 1.82) is 0 Å². The lowest BCUT2D eigenvalue weighted by Gasteiger charge is -2.10. The summed E-state index contributed by atoms with van der Waals surface area (Å²) in [4.78, 5) is 0. The van der Waals surface area contributed by atoms with Crippen molar-refractivity contribution in [3.05, 3.63) is 34.8 Å². The summed E-state index contributed by atoms with van der Waals surface area (Å²) in [5.74, 6) is 0. The van der Waals surface area contributed by atoms with E-state index in [4.69, 9.17) is 5.73 Å². The minimum Gasteiger partial charge on any atom is -0.397 e. The lowest BCUT2D eigenvalue weighted by Crippen LogP contribution is -1.96. The minimum absolute atomic E-state index is 0.762. The lowest BCUT2D eigenvalue weighted by molar-refractivity contribution is 1.53. The van der Waals surface area contributed by atoms with Gasteiger partial charge in [0.25, 0.3) is 0 Å². The second-order valence-electron chi connectivity index (χ2n) is 3.12. The van der Waals surface area contributed by atoms with Gasteiger partial charge in [0.2, 0.25) is 0 Å². The van der Waals surface area contributed by atoms with E-state index in [0.29, 0.717) is 0 Å². The van der Waals surface area contributed by atoms with E-state index in [1.807, 2.05) is 25.2 Å². The number of nitrogens with two attached hydrogens (primary N) is 1. The molecule has 0 spiro atoms. The van der Waals surface area contributed by atoms with E-state index in [-0.39, 0.29) is 0 Å². The van der Waals surface area contributed by atoms with Crippen molar-refractivity contribution in [3.63, 3.8) is 0 Å². The van der Waals surface area contributed by atoms with Crippen LogP contribution < -0.4 is 11.1 Å². The highest BCUT2D eigenvalue weighted by Gasteiger charge is 2.06. The average Bonchev–Trinajstić information content (AvgIpc) is 2.18. The molecule has 0 bridgehead atoms. The van der Waals surface area contributed by atoms with E-state index >= 15 is 0 Å². The van der Waals surface area contributed by atoms with Crippen LogP contribution >= 0.6 is 15.9 Å². The molecule has 0 aliphatic heterocycles. The molecule has 0 aliphatic carbocycles. The summed E-state index contributed by atoms with van der Waals surface area (Å²) in [5.41, 5.74) is 7.66. The summed E-state index contributed by atoms with van der Waals surface area (Å²) in [6, 6.07) is 10.1. The van der Waals surface area contributed by atoms with Crippen molar-refractivity contribution in [2.24, 2.45) is 0 Å². The minimum atomic E-state index is 0.762. The first-order valence-electron chi connectivity index (χ1n) is 4.38. The van der Waals surface area contributed by atoms with Crippen LogP contribution in [-0.4, -0.2) is 7.05 Å². The molecule has 2 aromatic carbocycles. The van der Waals surface area contributed by atoms with Gasteiger partial charge in [0.1, 0.15) is 0 Å². The molecule has 0 aromatic heterocycles. The molecular weight excluding hydrogens is 240 g/mol. The highest BCUT2D eigenvalue weighted by molar-refractivity contribution is 9.10. The topological polar surface area (TPSA) is 38.0 Å². The Labute approximate surface area is 91.2 Å². The van der Waals surface area contributed by atoms with Crippen LogP contribution in [0.4, 0.5) is 11.4 Å². The highest BCUT2D eigenvalue weighted by Crippen LogP contribution is 2.34. The summed E-state index contributed by atoms with van der Waals surface area (Å²) in [7, 11) is 1.88. The molecule has 14 heavy (non-hydrogen) atoms. The van der Waals surface area contributed by atoms with Crippen LogP contribution in [0.25, 0.3) is 10.8 Å². The normalized spacial score (nSPS) is 10.4. The average molecular weight is 251 g/mol. The third kappa shape index (κ3) is 1.34. The number of fused-ring (bicyclic) bond motifs is 1. The van der Waals surface area contributed by atoms with Crippen molar-refractivity contribution in [3.8, 4) is 0 Å². The third-order valence-corrected chi connectivity index (χ3v) is 2.93. The van der Waals surface area contributed by atoms with Gasteiger partial charge in [-0.25, -0.2) is 0 Å². The maximum absolute atomic E-state index is 5.91. The van der Waals surface area contributed by atoms with Crippen LogP contribution in [-0.2, 0) is 0 Å². The van der Waals surface area contributed by atoms with Crippen LogP contribution in [0.5, 0.6) is 0 Å². The van der Waals surface area contributed by atoms with Gasteiger partial charge in [-0.15, -0.1) is 0 Å². The van der Waals surface area contributed by atoms with Crippen molar-refractivity contribution < 1.29 is 0 Å². The molecule has 0 saturated heterocycles. The molecule has 0 unspecified atom stereocenters. The number of anilines is 2. The van der Waals surface area contributed by atoms with Crippen LogP contribution in [0.15, 0.2) is 34.8 Å². The van der Waals surface area contributed by atoms with E-state index in [0.717, 1.165) is 21.2 Å². The van der Waals surface area contributed by atoms with Crippen LogP contribution in [0.2, 0.25) is 0 Å². The molecule has 2 nitrogen and oxygen atoms in total. The molecule has 72 valence electrons. The number of rotatable bonds is 1. The summed E-state index contributed by atoms with van der Waals surface area (Å²) >= 11 is 3.50. The molecule has 0 aliphatic rings. The number of hydrogen-bond acceptors (Lipinski definition) is 2. The van der Waals surface area contributed by atoms with E-state index in [2.05, 4.69) is 33.4 Å². The molecule has 0 radical (unpaired) electrons. The second-order valence-corrected chi connectivity index (χ2v) is 3.97. The largest absolute Gasteiger partial charge is 0.397 e. The zero-order chi connectivity index (χ0) is 10.1. The fourth-order valence-corrected chi connectivity index (χ4v) is 2.22. The van der Waals surface area contributed by atoms with Gasteiger partial charge in [-0.1, -0.05) is 40.2 Å². The SMILES string of the molecule is CNc1c(N)cc(Br)c2ccccc12. The predicted molar refractivity (Wildman–Crippen MR) is 65.6 cm³/mol. The summed E-state index contributed by atoms with van der Waals surface area (Å²) in [6.45, 7) is 0. The first kappa shape index (κ1) is 9.34. The summed E-state index contributed by atoms with van der Waals surface area (Å²) < 4.78 is 1.03. The summed E-state index contributed by atoms with van der Waals surface area (Å²) in [5, 5.41) is 5.43. The first-order valence-corrected chi connectivity index (χ1v) is 5.18. The zero-order valence-corrected chi connectivity index (χ0v) is 9.43. The van der Waals surface area contributed by atoms with Gasteiger partial charge < -0.3 is 11.1 Å². The second kappa shape index (κ2) is 3.50. The van der Waals surface area contributed by atoms with Gasteiger partial charge >= 0.3 is 0 Å². The molecule has 2 rings (SSSR count). The molecule has 0 atom stereocenters. The molecule has 0 amide bonds. The smallest absolute Gasteiger partial charge is 0.0651 e. The molecule has 0 heterocycles. The van der Waals surface area contributed by atoms with Crippen molar-refractivity contribution >= 4 is 38.1 Å². The Balaban J connectivity index is 2.90. The van der Waals surface area contributed by atoms with Gasteiger partial charge in [-0.05, 0) is 11.5 Å².